The molecule has 37 heavy (non-hydrogen) atoms. The molecule has 3 N–H and O–H groups in total. The summed E-state index contributed by atoms with van der Waals surface area (Å²) in [5.74, 6) is 0.430. The predicted octanol–water partition coefficient (Wildman–Crippen LogP) is 6.00. The quantitative estimate of drug-likeness (QED) is 0.236. The van der Waals surface area contributed by atoms with Gasteiger partial charge in [0.1, 0.15) is 17.4 Å². The fraction of sp³-hybridized carbons (Fsp3) is 0.355. The first-order chi connectivity index (χ1) is 17.8. The Morgan fingerprint density at radius 3 is 2.24 bits per heavy atom. The highest BCUT2D eigenvalue weighted by atomic mass is 16.5. The SMILES string of the molecule is CCC[C@H](CNC(C)(C)CCC(C(N)=O)(c1ccccc1)c1ccccc1)Oc1ccc2ncoc2c1. The standard InChI is InChI=1S/C31H37N3O3/c1-4-11-26(37-25-16-17-27-28(20-25)36-22-33-27)21-34-30(2,3)18-19-31(29(32)35,23-12-7-5-8-13-23)24-14-9-6-10-15-24/h5-10,12-17,20,22,26,34H,4,11,18-19,21H2,1-3H3,(H2,32,35)/t26-/m1/s1. The number of fused-ring (bicyclic) bond motifs is 1. The molecule has 0 radical (unpaired) electrons. The van der Waals surface area contributed by atoms with Crippen LogP contribution in [-0.4, -0.2) is 29.1 Å². The molecule has 0 aliphatic rings. The lowest BCUT2D eigenvalue weighted by Crippen LogP contribution is -2.48. The molecular formula is C31H37N3O3. The van der Waals surface area contributed by atoms with Crippen LogP contribution >= 0.6 is 0 Å². The molecule has 1 aromatic heterocycles. The zero-order valence-electron chi connectivity index (χ0n) is 21.9. The number of hydrogen-bond donors (Lipinski definition) is 2. The zero-order valence-corrected chi connectivity index (χ0v) is 21.9. The van der Waals surface area contributed by atoms with E-state index >= 15 is 0 Å². The summed E-state index contributed by atoms with van der Waals surface area (Å²) in [4.78, 5) is 17.3. The number of nitrogens with two attached hydrogens (primary N) is 1. The Bertz CT molecular complexity index is 1250. The second-order valence-electron chi connectivity index (χ2n) is 10.3. The Morgan fingerprint density at radius 1 is 1.00 bits per heavy atom. The van der Waals surface area contributed by atoms with E-state index in [9.17, 15) is 4.79 Å². The number of carbonyl (C=O) groups is 1. The predicted molar refractivity (Wildman–Crippen MR) is 148 cm³/mol. The van der Waals surface area contributed by atoms with Crippen molar-refractivity contribution in [3.63, 3.8) is 0 Å². The van der Waals surface area contributed by atoms with Gasteiger partial charge in [-0.2, -0.15) is 0 Å². The number of nitrogens with zero attached hydrogens (tertiary/aromatic N) is 1. The summed E-state index contributed by atoms with van der Waals surface area (Å²) in [5, 5.41) is 3.70. The van der Waals surface area contributed by atoms with Crippen molar-refractivity contribution in [3.05, 3.63) is 96.4 Å². The first kappa shape index (κ1) is 26.4. The highest BCUT2D eigenvalue weighted by molar-refractivity contribution is 5.90. The Hall–Kier alpha value is -3.64. The number of carbonyl (C=O) groups excluding carboxylic acids is 1. The molecule has 0 fully saturated rings. The molecule has 4 aromatic rings. The number of primary amides is 1. The second-order valence-corrected chi connectivity index (χ2v) is 10.3. The molecule has 0 spiro atoms. The van der Waals surface area contributed by atoms with Gasteiger partial charge in [0.15, 0.2) is 12.0 Å². The second kappa shape index (κ2) is 11.6. The van der Waals surface area contributed by atoms with E-state index in [2.05, 4.69) is 31.1 Å². The van der Waals surface area contributed by atoms with Crippen molar-refractivity contribution in [1.82, 2.24) is 10.3 Å². The largest absolute Gasteiger partial charge is 0.489 e. The van der Waals surface area contributed by atoms with Crippen molar-refractivity contribution in [1.29, 1.82) is 0 Å². The van der Waals surface area contributed by atoms with Crippen molar-refractivity contribution < 1.29 is 13.9 Å². The average molecular weight is 500 g/mol. The number of amides is 1. The summed E-state index contributed by atoms with van der Waals surface area (Å²) >= 11 is 0. The van der Waals surface area contributed by atoms with E-state index in [0.29, 0.717) is 18.5 Å². The van der Waals surface area contributed by atoms with Crippen LogP contribution in [0.15, 0.2) is 89.7 Å². The van der Waals surface area contributed by atoms with Crippen LogP contribution in [0, 0.1) is 0 Å². The van der Waals surface area contributed by atoms with Gasteiger partial charge >= 0.3 is 0 Å². The lowest BCUT2D eigenvalue weighted by Gasteiger charge is -2.36. The normalized spacial score (nSPS) is 12.9. The molecule has 6 nitrogen and oxygen atoms in total. The Morgan fingerprint density at radius 2 is 1.65 bits per heavy atom. The number of aromatic nitrogens is 1. The molecule has 4 rings (SSSR count). The van der Waals surface area contributed by atoms with Gasteiger partial charge in [-0.05, 0) is 56.4 Å². The fourth-order valence-electron chi connectivity index (χ4n) is 4.91. The van der Waals surface area contributed by atoms with Crippen LogP contribution in [0.4, 0.5) is 0 Å². The summed E-state index contributed by atoms with van der Waals surface area (Å²) in [6, 6.07) is 25.5. The maximum absolute atomic E-state index is 13.1. The third-order valence-electron chi connectivity index (χ3n) is 7.10. The number of ether oxygens (including phenoxy) is 1. The van der Waals surface area contributed by atoms with Crippen LogP contribution in [0.2, 0.25) is 0 Å². The van der Waals surface area contributed by atoms with E-state index in [-0.39, 0.29) is 17.6 Å². The summed E-state index contributed by atoms with van der Waals surface area (Å²) in [7, 11) is 0. The highest BCUT2D eigenvalue weighted by Gasteiger charge is 2.41. The molecule has 3 aromatic carbocycles. The van der Waals surface area contributed by atoms with Gasteiger partial charge < -0.3 is 20.2 Å². The molecule has 194 valence electrons. The van der Waals surface area contributed by atoms with Crippen molar-refractivity contribution in [2.45, 2.75) is 63.5 Å². The lowest BCUT2D eigenvalue weighted by molar-refractivity contribution is -0.122. The zero-order chi connectivity index (χ0) is 26.3. The summed E-state index contributed by atoms with van der Waals surface area (Å²) < 4.78 is 11.8. The van der Waals surface area contributed by atoms with Crippen LogP contribution in [0.5, 0.6) is 5.75 Å². The van der Waals surface area contributed by atoms with Crippen LogP contribution in [0.3, 0.4) is 0 Å². The number of rotatable bonds is 13. The molecule has 1 atom stereocenters. The highest BCUT2D eigenvalue weighted by Crippen LogP contribution is 2.38. The van der Waals surface area contributed by atoms with Gasteiger partial charge in [-0.3, -0.25) is 4.79 Å². The topological polar surface area (TPSA) is 90.4 Å². The van der Waals surface area contributed by atoms with Crippen LogP contribution in [0.1, 0.15) is 57.6 Å². The average Bonchev–Trinajstić information content (AvgIpc) is 3.37. The van der Waals surface area contributed by atoms with Crippen molar-refractivity contribution in [2.75, 3.05) is 6.54 Å². The molecular weight excluding hydrogens is 462 g/mol. The van der Waals surface area contributed by atoms with Crippen molar-refractivity contribution in [3.8, 4) is 5.75 Å². The number of hydrogen-bond acceptors (Lipinski definition) is 5. The molecule has 6 heteroatoms. The fourth-order valence-corrected chi connectivity index (χ4v) is 4.91. The summed E-state index contributed by atoms with van der Waals surface area (Å²) in [6.45, 7) is 7.16. The first-order valence-electron chi connectivity index (χ1n) is 13.0. The molecule has 0 aliphatic carbocycles. The van der Waals surface area contributed by atoms with E-state index in [1.54, 1.807) is 0 Å². The Balaban J connectivity index is 1.48. The lowest BCUT2D eigenvalue weighted by atomic mass is 9.69. The molecule has 0 saturated heterocycles. The third-order valence-corrected chi connectivity index (χ3v) is 7.10. The van der Waals surface area contributed by atoms with Crippen molar-refractivity contribution in [2.24, 2.45) is 5.73 Å². The van der Waals surface area contributed by atoms with E-state index in [4.69, 9.17) is 14.9 Å². The molecule has 0 aliphatic heterocycles. The minimum Gasteiger partial charge on any atom is -0.489 e. The molecule has 0 unspecified atom stereocenters. The van der Waals surface area contributed by atoms with E-state index < -0.39 is 5.41 Å². The van der Waals surface area contributed by atoms with E-state index in [1.807, 2.05) is 78.9 Å². The van der Waals surface area contributed by atoms with Gasteiger partial charge in [0.05, 0.1) is 5.41 Å². The van der Waals surface area contributed by atoms with E-state index in [1.165, 1.54) is 6.39 Å². The Labute approximate surface area is 219 Å². The first-order valence-corrected chi connectivity index (χ1v) is 13.0. The van der Waals surface area contributed by atoms with Crippen molar-refractivity contribution >= 4 is 17.0 Å². The summed E-state index contributed by atoms with van der Waals surface area (Å²) in [6.07, 6.45) is 4.68. The smallest absolute Gasteiger partial charge is 0.232 e. The maximum atomic E-state index is 13.1. The molecule has 1 heterocycles. The number of nitrogens with one attached hydrogen (secondary N) is 1. The van der Waals surface area contributed by atoms with Gasteiger partial charge in [-0.1, -0.05) is 74.0 Å². The molecule has 0 saturated carbocycles. The van der Waals surface area contributed by atoms with Gasteiger partial charge in [0, 0.05) is 18.2 Å². The van der Waals surface area contributed by atoms with Crippen LogP contribution in [0.25, 0.3) is 11.1 Å². The molecule has 1 amide bonds. The van der Waals surface area contributed by atoms with Crippen LogP contribution in [-0.2, 0) is 10.2 Å². The maximum Gasteiger partial charge on any atom is 0.232 e. The molecule has 0 bridgehead atoms. The van der Waals surface area contributed by atoms with Gasteiger partial charge in [0.2, 0.25) is 5.91 Å². The van der Waals surface area contributed by atoms with E-state index in [0.717, 1.165) is 41.7 Å². The monoisotopic (exact) mass is 499 g/mol. The van der Waals surface area contributed by atoms with Gasteiger partial charge in [-0.25, -0.2) is 4.98 Å². The number of oxazole rings is 1. The minimum absolute atomic E-state index is 0.00575. The summed E-state index contributed by atoms with van der Waals surface area (Å²) in [5.41, 5.74) is 8.35. The van der Waals surface area contributed by atoms with Gasteiger partial charge in [-0.15, -0.1) is 0 Å². The third kappa shape index (κ3) is 6.20. The Kier molecular flexibility index (Phi) is 8.29. The van der Waals surface area contributed by atoms with Crippen LogP contribution < -0.4 is 15.8 Å². The number of benzene rings is 3. The van der Waals surface area contributed by atoms with Gasteiger partial charge in [0.25, 0.3) is 0 Å². The minimum atomic E-state index is -0.909.